The molecule has 2 aliphatic rings. The van der Waals surface area contributed by atoms with Gasteiger partial charge in [0.2, 0.25) is 0 Å². The van der Waals surface area contributed by atoms with Crippen molar-refractivity contribution in [2.45, 2.75) is 52.1 Å². The van der Waals surface area contributed by atoms with Gasteiger partial charge in [-0.1, -0.05) is 82.3 Å². The van der Waals surface area contributed by atoms with Gasteiger partial charge in [0.15, 0.2) is 0 Å². The van der Waals surface area contributed by atoms with E-state index in [-0.39, 0.29) is 17.4 Å². The molecule has 0 amide bonds. The molecule has 0 heterocycles. The Hall–Kier alpha value is -1.91. The van der Waals surface area contributed by atoms with Crippen LogP contribution >= 0.6 is 0 Å². The van der Waals surface area contributed by atoms with Gasteiger partial charge in [-0.05, 0) is 51.9 Å². The van der Waals surface area contributed by atoms with Crippen LogP contribution in [0.4, 0.5) is 0 Å². The third-order valence-electron chi connectivity index (χ3n) is 6.77. The second-order valence-corrected chi connectivity index (χ2v) is 11.8. The van der Waals surface area contributed by atoms with Crippen LogP contribution in [0.3, 0.4) is 0 Å². The smallest absolute Gasteiger partial charge is 0.306 e. The summed E-state index contributed by atoms with van der Waals surface area (Å²) in [6.07, 6.45) is 2.26. The number of hydrogen-bond donors (Lipinski definition) is 1. The van der Waals surface area contributed by atoms with Crippen LogP contribution in [-0.2, 0) is 14.6 Å². The molecule has 2 fully saturated rings. The van der Waals surface area contributed by atoms with Crippen molar-refractivity contribution in [3.63, 3.8) is 0 Å². The van der Waals surface area contributed by atoms with Crippen LogP contribution in [0.2, 0.25) is 0 Å². The van der Waals surface area contributed by atoms with E-state index in [2.05, 4.69) is 69.3 Å². The zero-order chi connectivity index (χ0) is 20.8. The maximum atomic E-state index is 11.3. The van der Waals surface area contributed by atoms with Gasteiger partial charge in [0.05, 0.1) is 5.92 Å². The lowest BCUT2D eigenvalue weighted by Gasteiger charge is -2.24. The van der Waals surface area contributed by atoms with Gasteiger partial charge in [0, 0.05) is 6.10 Å². The molecule has 4 rings (SSSR count). The number of carboxylic acids is 1. The van der Waals surface area contributed by atoms with Crippen LogP contribution in [0.25, 0.3) is 0 Å². The van der Waals surface area contributed by atoms with Crippen molar-refractivity contribution in [1.82, 2.24) is 0 Å². The van der Waals surface area contributed by atoms with E-state index in [1.807, 2.05) is 13.0 Å². The molecular formula is C25H31O3Si. The number of benzene rings is 2. The van der Waals surface area contributed by atoms with Crippen molar-refractivity contribution >= 4 is 25.4 Å². The molecule has 3 atom stereocenters. The van der Waals surface area contributed by atoms with Gasteiger partial charge in [-0.2, -0.15) is 0 Å². The monoisotopic (exact) mass is 407 g/mol. The zero-order valence-electron chi connectivity index (χ0n) is 17.8. The summed E-state index contributed by atoms with van der Waals surface area (Å²) in [4.78, 5) is 11.3. The lowest BCUT2D eigenvalue weighted by molar-refractivity contribution is -0.142. The van der Waals surface area contributed by atoms with Crippen molar-refractivity contribution in [2.75, 3.05) is 0 Å². The Morgan fingerprint density at radius 2 is 1.55 bits per heavy atom. The average molecular weight is 408 g/mol. The third kappa shape index (κ3) is 4.19. The highest BCUT2D eigenvalue weighted by Gasteiger charge is 2.59. The first kappa shape index (κ1) is 20.4. The van der Waals surface area contributed by atoms with Gasteiger partial charge in [-0.15, -0.1) is 0 Å². The number of fused-ring (bicyclic) bond motifs is 1. The third-order valence-corrected chi connectivity index (χ3v) is 9.05. The quantitative estimate of drug-likeness (QED) is 0.740. The summed E-state index contributed by atoms with van der Waals surface area (Å²) in [5.41, 5.74) is 1.48. The Kier molecular flexibility index (Phi) is 5.43. The summed E-state index contributed by atoms with van der Waals surface area (Å²) >= 11 is 0. The zero-order valence-corrected chi connectivity index (χ0v) is 18.8. The fraction of sp³-hybridized carbons (Fsp3) is 0.480. The standard InChI is InChI=1S/C25H31O3Si/c1-16(24(26)27)23-21-14-18(15-22(21)23)28-29(19-8-6-5-7-9-19)20-12-10-17(11-13-20)25(2,3)4/h5-13,16,18,21-23H,14-15H2,1-4H3,(H,26,27). The van der Waals surface area contributed by atoms with Crippen molar-refractivity contribution in [3.8, 4) is 0 Å². The minimum atomic E-state index is -1.32. The van der Waals surface area contributed by atoms with Gasteiger partial charge in [0.1, 0.15) is 0 Å². The van der Waals surface area contributed by atoms with Crippen LogP contribution in [0.1, 0.15) is 46.1 Å². The Morgan fingerprint density at radius 3 is 2.07 bits per heavy atom. The normalized spacial score (nSPS) is 26.9. The van der Waals surface area contributed by atoms with E-state index in [9.17, 15) is 9.90 Å². The van der Waals surface area contributed by atoms with Crippen LogP contribution in [0.5, 0.6) is 0 Å². The van der Waals surface area contributed by atoms with Gasteiger partial charge in [-0.25, -0.2) is 0 Å². The van der Waals surface area contributed by atoms with Crippen LogP contribution in [0, 0.1) is 23.7 Å². The summed E-state index contributed by atoms with van der Waals surface area (Å²) in [5, 5.41) is 11.9. The molecule has 0 bridgehead atoms. The molecule has 1 radical (unpaired) electrons. The topological polar surface area (TPSA) is 46.5 Å². The van der Waals surface area contributed by atoms with Crippen molar-refractivity contribution in [1.29, 1.82) is 0 Å². The Bertz CT molecular complexity index is 844. The van der Waals surface area contributed by atoms with E-state index in [0.29, 0.717) is 17.8 Å². The highest BCUT2D eigenvalue weighted by molar-refractivity contribution is 6.80. The molecular weight excluding hydrogens is 376 g/mol. The van der Waals surface area contributed by atoms with E-state index in [0.717, 1.165) is 12.8 Å². The first-order chi connectivity index (χ1) is 13.8. The summed E-state index contributed by atoms with van der Waals surface area (Å²) in [7, 11) is -1.32. The highest BCUT2D eigenvalue weighted by atomic mass is 28.3. The van der Waals surface area contributed by atoms with Crippen LogP contribution in [-0.4, -0.2) is 26.2 Å². The molecule has 29 heavy (non-hydrogen) atoms. The lowest BCUT2D eigenvalue weighted by Crippen LogP contribution is -2.47. The van der Waals surface area contributed by atoms with Gasteiger partial charge in [-0.3, -0.25) is 4.79 Å². The molecule has 4 heteroatoms. The predicted octanol–water partition coefficient (Wildman–Crippen LogP) is 3.85. The van der Waals surface area contributed by atoms with Gasteiger partial charge < -0.3 is 9.53 Å². The average Bonchev–Trinajstić information content (AvgIpc) is 3.19. The molecule has 2 saturated carbocycles. The second-order valence-electron chi connectivity index (χ2n) is 9.77. The highest BCUT2D eigenvalue weighted by Crippen LogP contribution is 2.61. The molecule has 0 saturated heterocycles. The molecule has 1 N–H and O–H groups in total. The minimum Gasteiger partial charge on any atom is -0.481 e. The Morgan fingerprint density at radius 1 is 1.00 bits per heavy atom. The molecule has 3 unspecified atom stereocenters. The number of carbonyl (C=O) groups is 1. The molecule has 0 spiro atoms. The SMILES string of the molecule is CC(C(=O)O)C1C2CC(O[Si](c3ccccc3)c3ccc(C(C)(C)C)cc3)CC21. The summed E-state index contributed by atoms with van der Waals surface area (Å²) in [6.45, 7) is 8.57. The number of hydrogen-bond acceptors (Lipinski definition) is 2. The maximum Gasteiger partial charge on any atom is 0.306 e. The summed E-state index contributed by atoms with van der Waals surface area (Å²) in [6, 6.07) is 19.5. The van der Waals surface area contributed by atoms with Gasteiger partial charge in [0.25, 0.3) is 9.04 Å². The van der Waals surface area contributed by atoms with E-state index < -0.39 is 15.0 Å². The molecule has 0 aliphatic heterocycles. The Balaban J connectivity index is 1.50. The van der Waals surface area contributed by atoms with E-state index in [1.165, 1.54) is 15.9 Å². The van der Waals surface area contributed by atoms with Crippen molar-refractivity contribution < 1.29 is 14.3 Å². The number of carboxylic acid groups (broad SMARTS) is 1. The van der Waals surface area contributed by atoms with Crippen LogP contribution in [0.15, 0.2) is 54.6 Å². The fourth-order valence-electron chi connectivity index (χ4n) is 5.02. The van der Waals surface area contributed by atoms with E-state index >= 15 is 0 Å². The summed E-state index contributed by atoms with van der Waals surface area (Å²) in [5.74, 6) is 0.539. The second kappa shape index (κ2) is 7.73. The maximum absolute atomic E-state index is 11.3. The van der Waals surface area contributed by atoms with E-state index in [4.69, 9.17) is 4.43 Å². The van der Waals surface area contributed by atoms with Crippen LogP contribution < -0.4 is 10.4 Å². The minimum absolute atomic E-state index is 0.140. The number of aliphatic carboxylic acids is 1. The fourth-order valence-corrected chi connectivity index (χ4v) is 7.12. The number of rotatable bonds is 6. The molecule has 3 nitrogen and oxygen atoms in total. The molecule has 2 aromatic carbocycles. The summed E-state index contributed by atoms with van der Waals surface area (Å²) < 4.78 is 6.75. The Labute approximate surface area is 175 Å². The van der Waals surface area contributed by atoms with Gasteiger partial charge >= 0.3 is 5.97 Å². The first-order valence-electron chi connectivity index (χ1n) is 10.7. The first-order valence-corrected chi connectivity index (χ1v) is 12.1. The molecule has 0 aromatic heterocycles. The predicted molar refractivity (Wildman–Crippen MR) is 118 cm³/mol. The molecule has 153 valence electrons. The van der Waals surface area contributed by atoms with Crippen molar-refractivity contribution in [2.24, 2.45) is 23.7 Å². The lowest BCUT2D eigenvalue weighted by atomic mass is 9.87. The molecule has 2 aromatic rings. The van der Waals surface area contributed by atoms with E-state index in [1.54, 1.807) is 0 Å². The van der Waals surface area contributed by atoms with Crippen molar-refractivity contribution in [3.05, 3.63) is 60.2 Å². The largest absolute Gasteiger partial charge is 0.481 e. The molecule has 2 aliphatic carbocycles.